The Hall–Kier alpha value is -2.63. The summed E-state index contributed by atoms with van der Waals surface area (Å²) in [5.41, 5.74) is 3.74. The number of carbonyl (C=O) groups is 1. The number of aromatic hydroxyl groups is 1. The molecule has 2 aromatic carbocycles. The molecular formula is C25H26BrN3O3S. The highest BCUT2D eigenvalue weighted by molar-refractivity contribution is 9.10. The topological polar surface area (TPSA) is 76.8 Å². The van der Waals surface area contributed by atoms with Crippen LogP contribution < -0.4 is 9.64 Å². The molecule has 0 aliphatic carbocycles. The maximum Gasteiger partial charge on any atom is 0.229 e. The van der Waals surface area contributed by atoms with Crippen molar-refractivity contribution in [3.8, 4) is 17.6 Å². The summed E-state index contributed by atoms with van der Waals surface area (Å²) in [7, 11) is 1.48. The van der Waals surface area contributed by atoms with Crippen molar-refractivity contribution in [3.63, 3.8) is 0 Å². The van der Waals surface area contributed by atoms with E-state index in [1.165, 1.54) is 37.3 Å². The third-order valence-corrected chi connectivity index (χ3v) is 7.85. The number of methoxy groups -OCH3 is 1. The van der Waals surface area contributed by atoms with Crippen LogP contribution >= 0.6 is 27.7 Å². The Kier molecular flexibility index (Phi) is 7.20. The summed E-state index contributed by atoms with van der Waals surface area (Å²) in [6.45, 7) is 2.62. The number of hydrogen-bond acceptors (Lipinski definition) is 6. The lowest BCUT2D eigenvalue weighted by Crippen LogP contribution is -2.47. The Labute approximate surface area is 207 Å². The molecule has 0 saturated carbocycles. The molecule has 2 heterocycles. The lowest BCUT2D eigenvalue weighted by atomic mass is 9.86. The monoisotopic (exact) mass is 527 g/mol. The van der Waals surface area contributed by atoms with E-state index >= 15 is 0 Å². The van der Waals surface area contributed by atoms with Crippen LogP contribution in [-0.4, -0.2) is 35.6 Å². The van der Waals surface area contributed by atoms with Gasteiger partial charge in [-0.25, -0.2) is 0 Å². The number of phenols is 1. The number of nitriles is 1. The normalized spacial score (nSPS) is 18.2. The number of hydrogen-bond donors (Lipinski definition) is 1. The molecule has 0 radical (unpaired) electrons. The van der Waals surface area contributed by atoms with Gasteiger partial charge in [-0.15, -0.1) is 0 Å². The predicted octanol–water partition coefficient (Wildman–Crippen LogP) is 5.73. The summed E-state index contributed by atoms with van der Waals surface area (Å²) >= 11 is 4.86. The van der Waals surface area contributed by atoms with E-state index < -0.39 is 0 Å². The molecule has 4 rings (SSSR count). The molecule has 1 fully saturated rings. The van der Waals surface area contributed by atoms with Gasteiger partial charge in [-0.2, -0.15) is 5.26 Å². The number of amides is 1. The second kappa shape index (κ2) is 10.1. The molecule has 1 N–H and O–H groups in total. The highest BCUT2D eigenvalue weighted by atomic mass is 79.9. The van der Waals surface area contributed by atoms with E-state index in [1.54, 1.807) is 17.0 Å². The molecule has 172 valence electrons. The predicted molar refractivity (Wildman–Crippen MR) is 134 cm³/mol. The Balaban J connectivity index is 1.60. The Morgan fingerprint density at radius 3 is 2.73 bits per heavy atom. The molecule has 0 spiro atoms. The van der Waals surface area contributed by atoms with Gasteiger partial charge in [0.05, 0.1) is 40.8 Å². The lowest BCUT2D eigenvalue weighted by molar-refractivity contribution is -0.129. The first kappa shape index (κ1) is 23.5. The number of allylic oxidation sites excluding steroid dienone is 1. The standard InChI is InChI=1S/C25H26BrN3O3S/c1-3-4-5-16-6-8-18(9-7-16)28-14-29-23(30)12-19(20(13-27)25(29)33-15-28)17-10-21(26)24(31)22(11-17)32-2/h6-11,19,31H,3-5,12,14-15H2,1-2H3/t19-/m1/s1. The number of aryl methyl sites for hydroxylation is 1. The van der Waals surface area contributed by atoms with Gasteiger partial charge in [-0.3, -0.25) is 9.69 Å². The third-order valence-electron chi connectivity index (χ3n) is 6.09. The van der Waals surface area contributed by atoms with Crippen LogP contribution in [0.25, 0.3) is 0 Å². The number of fused-ring (bicyclic) bond motifs is 1. The van der Waals surface area contributed by atoms with Crippen LogP contribution in [0.15, 0.2) is 51.5 Å². The van der Waals surface area contributed by atoms with Crippen LogP contribution in [0.3, 0.4) is 0 Å². The molecule has 1 atom stereocenters. The first-order chi connectivity index (χ1) is 16.0. The Morgan fingerprint density at radius 1 is 1.30 bits per heavy atom. The number of halogens is 1. The van der Waals surface area contributed by atoms with Crippen LogP contribution in [0.4, 0.5) is 5.69 Å². The summed E-state index contributed by atoms with van der Waals surface area (Å²) < 4.78 is 5.74. The second-order valence-electron chi connectivity index (χ2n) is 8.19. The molecule has 2 aliphatic heterocycles. The molecule has 1 amide bonds. The van der Waals surface area contributed by atoms with E-state index in [0.717, 1.165) is 22.7 Å². The lowest BCUT2D eigenvalue weighted by Gasteiger charge is -2.42. The summed E-state index contributed by atoms with van der Waals surface area (Å²) in [5.74, 6) is 0.569. The molecule has 1 saturated heterocycles. The molecule has 0 unspecified atom stereocenters. The number of nitrogens with zero attached hydrogens (tertiary/aromatic N) is 3. The van der Waals surface area contributed by atoms with E-state index in [0.29, 0.717) is 28.3 Å². The quantitative estimate of drug-likeness (QED) is 0.517. The maximum atomic E-state index is 13.2. The van der Waals surface area contributed by atoms with E-state index in [2.05, 4.69) is 58.1 Å². The van der Waals surface area contributed by atoms with E-state index in [1.807, 2.05) is 0 Å². The van der Waals surface area contributed by atoms with Crippen molar-refractivity contribution in [2.75, 3.05) is 24.6 Å². The van der Waals surface area contributed by atoms with Crippen molar-refractivity contribution in [2.45, 2.75) is 38.5 Å². The summed E-state index contributed by atoms with van der Waals surface area (Å²) in [4.78, 5) is 17.1. The Bertz CT molecular complexity index is 1130. The van der Waals surface area contributed by atoms with Gasteiger partial charge in [-0.05, 0) is 64.2 Å². The van der Waals surface area contributed by atoms with Crippen LogP contribution in [-0.2, 0) is 11.2 Å². The van der Waals surface area contributed by atoms with Crippen molar-refractivity contribution in [1.29, 1.82) is 5.26 Å². The van der Waals surface area contributed by atoms with Gasteiger partial charge in [0.25, 0.3) is 0 Å². The second-order valence-corrected chi connectivity index (χ2v) is 9.98. The molecule has 0 bridgehead atoms. The van der Waals surface area contributed by atoms with E-state index in [9.17, 15) is 15.2 Å². The number of ether oxygens (including phenoxy) is 1. The minimum Gasteiger partial charge on any atom is -0.503 e. The van der Waals surface area contributed by atoms with Crippen LogP contribution in [0.5, 0.6) is 11.5 Å². The number of anilines is 1. The minimum absolute atomic E-state index is 0.000399. The zero-order valence-corrected chi connectivity index (χ0v) is 21.1. The zero-order valence-electron chi connectivity index (χ0n) is 18.7. The third kappa shape index (κ3) is 4.71. The van der Waals surface area contributed by atoms with E-state index in [-0.39, 0.29) is 24.0 Å². The van der Waals surface area contributed by atoms with Gasteiger partial charge in [0, 0.05) is 18.0 Å². The SMILES string of the molecule is CCCCc1ccc(N2CSC3=C(C#N)[C@@H](c4cc(Br)c(O)c(OC)c4)CC(=O)N3C2)cc1. The highest BCUT2D eigenvalue weighted by Gasteiger charge is 2.38. The van der Waals surface area contributed by atoms with Crippen molar-refractivity contribution >= 4 is 39.3 Å². The van der Waals surface area contributed by atoms with Crippen molar-refractivity contribution in [3.05, 3.63) is 62.6 Å². The van der Waals surface area contributed by atoms with Gasteiger partial charge >= 0.3 is 0 Å². The van der Waals surface area contributed by atoms with Crippen LogP contribution in [0, 0.1) is 11.3 Å². The van der Waals surface area contributed by atoms with Gasteiger partial charge in [0.15, 0.2) is 11.5 Å². The van der Waals surface area contributed by atoms with Gasteiger partial charge < -0.3 is 14.7 Å². The summed E-state index contributed by atoms with van der Waals surface area (Å²) in [6, 6.07) is 14.4. The van der Waals surface area contributed by atoms with Gasteiger partial charge in [0.1, 0.15) is 0 Å². The molecular weight excluding hydrogens is 502 g/mol. The number of benzene rings is 2. The average molecular weight is 528 g/mol. The van der Waals surface area contributed by atoms with Gasteiger partial charge in [0.2, 0.25) is 5.91 Å². The highest BCUT2D eigenvalue weighted by Crippen LogP contribution is 2.46. The molecule has 6 nitrogen and oxygen atoms in total. The molecule has 0 aromatic heterocycles. The first-order valence-electron chi connectivity index (χ1n) is 10.9. The average Bonchev–Trinajstić information content (AvgIpc) is 2.84. The molecule has 2 aromatic rings. The number of rotatable bonds is 6. The van der Waals surface area contributed by atoms with Crippen molar-refractivity contribution < 1.29 is 14.6 Å². The fourth-order valence-electron chi connectivity index (χ4n) is 4.22. The maximum absolute atomic E-state index is 13.2. The number of carbonyl (C=O) groups excluding carboxylic acids is 1. The van der Waals surface area contributed by atoms with Crippen LogP contribution in [0.1, 0.15) is 43.2 Å². The number of thioether (sulfide) groups is 1. The first-order valence-corrected chi connectivity index (χ1v) is 12.7. The largest absolute Gasteiger partial charge is 0.503 e. The molecule has 8 heteroatoms. The van der Waals surface area contributed by atoms with Crippen LogP contribution in [0.2, 0.25) is 0 Å². The fraction of sp³-hybridized carbons (Fsp3) is 0.360. The van der Waals surface area contributed by atoms with E-state index in [4.69, 9.17) is 4.74 Å². The summed E-state index contributed by atoms with van der Waals surface area (Å²) in [5, 5.41) is 20.9. The summed E-state index contributed by atoms with van der Waals surface area (Å²) in [6.07, 6.45) is 3.62. The zero-order chi connectivity index (χ0) is 23.5. The molecule has 2 aliphatic rings. The molecule has 33 heavy (non-hydrogen) atoms. The minimum atomic E-state index is -0.378. The Morgan fingerprint density at radius 2 is 2.06 bits per heavy atom. The number of phenolic OH excluding ortho intramolecular Hbond substituents is 1. The fourth-order valence-corrected chi connectivity index (χ4v) is 5.84. The van der Waals surface area contributed by atoms with Crippen molar-refractivity contribution in [2.24, 2.45) is 0 Å². The smallest absolute Gasteiger partial charge is 0.229 e. The van der Waals surface area contributed by atoms with Gasteiger partial charge in [-0.1, -0.05) is 37.2 Å². The number of unbranched alkanes of at least 4 members (excludes halogenated alkanes) is 1. The van der Waals surface area contributed by atoms with Crippen molar-refractivity contribution in [1.82, 2.24) is 4.90 Å².